The maximum atomic E-state index is 13.3. The fourth-order valence-electron chi connectivity index (χ4n) is 4.52. The molecule has 3 aromatic carbocycles. The van der Waals surface area contributed by atoms with Gasteiger partial charge in [0.1, 0.15) is 5.75 Å². The monoisotopic (exact) mass is 531 g/mol. The van der Waals surface area contributed by atoms with Gasteiger partial charge in [-0.05, 0) is 60.7 Å². The number of ether oxygens (including phenoxy) is 1. The lowest BCUT2D eigenvalue weighted by Crippen LogP contribution is -2.48. The first kappa shape index (κ1) is 29.9. The van der Waals surface area contributed by atoms with Crippen molar-refractivity contribution in [3.05, 3.63) is 101 Å². The first-order valence-electron chi connectivity index (χ1n) is 13.7. The number of carbonyl (C=O) groups excluding carboxylic acids is 2. The number of amides is 2. The number of nitrogens with one attached hydrogen (secondary N) is 2. The number of benzene rings is 3. The van der Waals surface area contributed by atoms with Crippen LogP contribution in [0.3, 0.4) is 0 Å². The smallest absolute Gasteiger partial charge is 0.253 e. The lowest BCUT2D eigenvalue weighted by Gasteiger charge is -2.25. The Balaban J connectivity index is 1.71. The minimum atomic E-state index is -0.839. The average molecular weight is 532 g/mol. The second kappa shape index (κ2) is 15.7. The summed E-state index contributed by atoms with van der Waals surface area (Å²) in [6.07, 6.45) is 1.37. The molecule has 39 heavy (non-hydrogen) atoms. The molecule has 0 saturated carbocycles. The van der Waals surface area contributed by atoms with Crippen LogP contribution in [0.25, 0.3) is 0 Å². The molecule has 0 fully saturated rings. The number of carbonyl (C=O) groups is 2. The number of hydrogen-bond donors (Lipinski definition) is 3. The van der Waals surface area contributed by atoms with E-state index in [1.165, 1.54) is 0 Å². The predicted molar refractivity (Wildman–Crippen MR) is 155 cm³/mol. The standard InChI is InChI=1S/C32H41N3O4/c1-4-17-35(18-5-2)32(38)27-15-10-14-26(21-27)31(37)34-29(20-24-11-7-6-8-12-24)30(36)23-33-22-25-13-9-16-28(19-25)39-3/h6-16,19,21,29-30,33,36H,4-5,17-18,20,22-23H2,1-3H3,(H,34,37)/t29-,30-/m0/s1. The molecule has 0 radical (unpaired) electrons. The van der Waals surface area contributed by atoms with Gasteiger partial charge in [0, 0.05) is 37.3 Å². The lowest BCUT2D eigenvalue weighted by atomic mass is 10.00. The highest BCUT2D eigenvalue weighted by Gasteiger charge is 2.23. The van der Waals surface area contributed by atoms with Crippen molar-refractivity contribution in [2.45, 2.75) is 51.8 Å². The summed E-state index contributed by atoms with van der Waals surface area (Å²) < 4.78 is 5.28. The number of rotatable bonds is 15. The van der Waals surface area contributed by atoms with Gasteiger partial charge in [0.2, 0.25) is 0 Å². The highest BCUT2D eigenvalue weighted by atomic mass is 16.5. The number of aliphatic hydroxyl groups excluding tert-OH is 1. The van der Waals surface area contributed by atoms with Crippen LogP contribution in [0.4, 0.5) is 0 Å². The molecule has 7 nitrogen and oxygen atoms in total. The minimum absolute atomic E-state index is 0.0732. The van der Waals surface area contributed by atoms with E-state index in [0.717, 1.165) is 29.7 Å². The van der Waals surface area contributed by atoms with Crippen molar-refractivity contribution in [2.24, 2.45) is 0 Å². The fraction of sp³-hybridized carbons (Fsp3) is 0.375. The van der Waals surface area contributed by atoms with Crippen LogP contribution in [0.2, 0.25) is 0 Å². The Labute approximate surface area is 232 Å². The van der Waals surface area contributed by atoms with E-state index in [1.54, 1.807) is 31.4 Å². The van der Waals surface area contributed by atoms with Gasteiger partial charge < -0.3 is 25.4 Å². The third kappa shape index (κ3) is 9.23. The average Bonchev–Trinajstić information content (AvgIpc) is 2.97. The summed E-state index contributed by atoms with van der Waals surface area (Å²) in [7, 11) is 1.63. The largest absolute Gasteiger partial charge is 0.497 e. The maximum absolute atomic E-state index is 13.3. The molecule has 0 heterocycles. The fourth-order valence-corrected chi connectivity index (χ4v) is 4.52. The first-order chi connectivity index (χ1) is 18.9. The molecule has 0 aliphatic rings. The SMILES string of the molecule is CCCN(CCC)C(=O)c1cccc(C(=O)N[C@@H](Cc2ccccc2)[C@@H](O)CNCc2cccc(OC)c2)c1. The molecule has 0 saturated heterocycles. The van der Waals surface area contributed by atoms with Crippen LogP contribution < -0.4 is 15.4 Å². The number of nitrogens with zero attached hydrogens (tertiary/aromatic N) is 1. The van der Waals surface area contributed by atoms with E-state index in [9.17, 15) is 14.7 Å². The Kier molecular flexibility index (Phi) is 12.0. The summed E-state index contributed by atoms with van der Waals surface area (Å²) in [6, 6.07) is 23.8. The second-order valence-corrected chi connectivity index (χ2v) is 9.69. The van der Waals surface area contributed by atoms with Gasteiger partial charge in [0.25, 0.3) is 11.8 Å². The van der Waals surface area contributed by atoms with E-state index in [0.29, 0.717) is 37.2 Å². The van der Waals surface area contributed by atoms with E-state index in [4.69, 9.17) is 4.74 Å². The number of hydrogen-bond acceptors (Lipinski definition) is 5. The van der Waals surface area contributed by atoms with Gasteiger partial charge in [-0.1, -0.05) is 62.4 Å². The highest BCUT2D eigenvalue weighted by molar-refractivity contribution is 5.99. The number of aliphatic hydroxyl groups is 1. The Morgan fingerprint density at radius 1 is 0.872 bits per heavy atom. The Hall–Kier alpha value is -3.68. The maximum Gasteiger partial charge on any atom is 0.253 e. The van der Waals surface area contributed by atoms with Gasteiger partial charge in [0.05, 0.1) is 19.3 Å². The van der Waals surface area contributed by atoms with Gasteiger partial charge in [-0.25, -0.2) is 0 Å². The lowest BCUT2D eigenvalue weighted by molar-refractivity contribution is 0.0755. The zero-order valence-corrected chi connectivity index (χ0v) is 23.2. The summed E-state index contributed by atoms with van der Waals surface area (Å²) in [4.78, 5) is 28.2. The van der Waals surface area contributed by atoms with Crippen LogP contribution >= 0.6 is 0 Å². The van der Waals surface area contributed by atoms with Crippen LogP contribution in [0.15, 0.2) is 78.9 Å². The Bertz CT molecular complexity index is 1180. The highest BCUT2D eigenvalue weighted by Crippen LogP contribution is 2.14. The molecule has 3 rings (SSSR count). The van der Waals surface area contributed by atoms with E-state index in [1.807, 2.05) is 73.3 Å². The first-order valence-corrected chi connectivity index (χ1v) is 13.7. The quantitative estimate of drug-likeness (QED) is 0.270. The van der Waals surface area contributed by atoms with Crippen LogP contribution in [0.5, 0.6) is 5.75 Å². The van der Waals surface area contributed by atoms with E-state index in [-0.39, 0.29) is 18.4 Å². The van der Waals surface area contributed by atoms with Gasteiger partial charge in [0.15, 0.2) is 0 Å². The summed E-state index contributed by atoms with van der Waals surface area (Å²) >= 11 is 0. The van der Waals surface area contributed by atoms with Gasteiger partial charge in [-0.3, -0.25) is 9.59 Å². The Morgan fingerprint density at radius 2 is 1.54 bits per heavy atom. The summed E-state index contributed by atoms with van der Waals surface area (Å²) in [5, 5.41) is 17.4. The van der Waals surface area contributed by atoms with E-state index in [2.05, 4.69) is 10.6 Å². The molecule has 2 amide bonds. The molecule has 0 bridgehead atoms. The molecule has 3 aromatic rings. The van der Waals surface area contributed by atoms with Gasteiger partial charge >= 0.3 is 0 Å². The van der Waals surface area contributed by atoms with Crippen molar-refractivity contribution >= 4 is 11.8 Å². The zero-order chi connectivity index (χ0) is 28.0. The van der Waals surface area contributed by atoms with Crippen molar-refractivity contribution in [1.29, 1.82) is 0 Å². The second-order valence-electron chi connectivity index (χ2n) is 9.69. The summed E-state index contributed by atoms with van der Waals surface area (Å²) in [6.45, 7) is 6.29. The molecular weight excluding hydrogens is 490 g/mol. The van der Waals surface area contributed by atoms with Crippen LogP contribution in [0.1, 0.15) is 58.5 Å². The minimum Gasteiger partial charge on any atom is -0.497 e. The molecule has 0 unspecified atom stereocenters. The molecule has 2 atom stereocenters. The van der Waals surface area contributed by atoms with Crippen molar-refractivity contribution < 1.29 is 19.4 Å². The van der Waals surface area contributed by atoms with Crippen molar-refractivity contribution in [3.8, 4) is 5.75 Å². The summed E-state index contributed by atoms with van der Waals surface area (Å²) in [5.74, 6) is 0.378. The normalized spacial score (nSPS) is 12.4. The number of methoxy groups -OCH3 is 1. The molecule has 3 N–H and O–H groups in total. The van der Waals surface area contributed by atoms with Crippen molar-refractivity contribution in [3.63, 3.8) is 0 Å². The van der Waals surface area contributed by atoms with Crippen molar-refractivity contribution in [1.82, 2.24) is 15.5 Å². The molecule has 0 aliphatic heterocycles. The summed E-state index contributed by atoms with van der Waals surface area (Å²) in [5.41, 5.74) is 2.92. The zero-order valence-electron chi connectivity index (χ0n) is 23.2. The molecule has 0 aliphatic carbocycles. The van der Waals surface area contributed by atoms with Gasteiger partial charge in [-0.2, -0.15) is 0 Å². The third-order valence-corrected chi connectivity index (χ3v) is 6.54. The van der Waals surface area contributed by atoms with Crippen LogP contribution in [-0.4, -0.2) is 60.7 Å². The third-order valence-electron chi connectivity index (χ3n) is 6.54. The predicted octanol–water partition coefficient (Wildman–Crippen LogP) is 4.45. The van der Waals surface area contributed by atoms with Crippen molar-refractivity contribution in [2.75, 3.05) is 26.7 Å². The van der Waals surface area contributed by atoms with Gasteiger partial charge in [-0.15, -0.1) is 0 Å². The van der Waals surface area contributed by atoms with Crippen LogP contribution in [0, 0.1) is 0 Å². The van der Waals surface area contributed by atoms with Crippen LogP contribution in [-0.2, 0) is 13.0 Å². The molecule has 0 aromatic heterocycles. The molecular formula is C32H41N3O4. The molecule has 0 spiro atoms. The van der Waals surface area contributed by atoms with E-state index >= 15 is 0 Å². The molecule has 208 valence electrons. The topological polar surface area (TPSA) is 90.9 Å². The Morgan fingerprint density at radius 3 is 2.23 bits per heavy atom. The van der Waals surface area contributed by atoms with E-state index < -0.39 is 12.1 Å². The molecule has 7 heteroatoms.